The second kappa shape index (κ2) is 11.5. The van der Waals surface area contributed by atoms with Gasteiger partial charge in [-0.05, 0) is 75.9 Å². The van der Waals surface area contributed by atoms with Gasteiger partial charge in [-0.2, -0.15) is 0 Å². The van der Waals surface area contributed by atoms with Gasteiger partial charge in [0.1, 0.15) is 5.75 Å². The van der Waals surface area contributed by atoms with Gasteiger partial charge in [0.15, 0.2) is 5.13 Å². The third kappa shape index (κ3) is 5.92. The van der Waals surface area contributed by atoms with Crippen molar-refractivity contribution in [3.05, 3.63) is 54.4 Å². The zero-order valence-corrected chi connectivity index (χ0v) is 25.6. The number of allylic oxidation sites excluding steroid dienone is 1. The van der Waals surface area contributed by atoms with E-state index in [1.54, 1.807) is 31.1 Å². The maximum atomic E-state index is 13.6. The molecule has 4 aliphatic rings. The van der Waals surface area contributed by atoms with Crippen LogP contribution >= 0.6 is 23.1 Å². The number of carbonyl (C=O) groups excluding carboxylic acids is 2. The minimum absolute atomic E-state index is 0.000289. The van der Waals surface area contributed by atoms with Crippen LogP contribution in [0.15, 0.2) is 52.4 Å². The molecular weight excluding hydrogens is 555 g/mol. The Morgan fingerprint density at radius 3 is 2.56 bits per heavy atom. The number of anilines is 1. The maximum Gasteiger partial charge on any atom is 0.257 e. The Morgan fingerprint density at radius 1 is 1.15 bits per heavy atom. The second-order valence-electron chi connectivity index (χ2n) is 12.0. The van der Waals surface area contributed by atoms with E-state index in [-0.39, 0.29) is 23.1 Å². The summed E-state index contributed by atoms with van der Waals surface area (Å²) in [6.45, 7) is 15.3. The molecule has 2 aromatic rings. The summed E-state index contributed by atoms with van der Waals surface area (Å²) in [5, 5.41) is 3.67. The summed E-state index contributed by atoms with van der Waals surface area (Å²) in [4.78, 5) is 38.7. The van der Waals surface area contributed by atoms with E-state index >= 15 is 0 Å². The van der Waals surface area contributed by atoms with Crippen molar-refractivity contribution in [1.82, 2.24) is 19.7 Å². The van der Waals surface area contributed by atoms with Gasteiger partial charge < -0.3 is 24.8 Å². The number of hydrogen-bond acceptors (Lipinski definition) is 8. The van der Waals surface area contributed by atoms with E-state index < -0.39 is 0 Å². The summed E-state index contributed by atoms with van der Waals surface area (Å²) in [5.41, 5.74) is 2.69. The molecule has 0 unspecified atom stereocenters. The number of rotatable bonds is 9. The first-order chi connectivity index (χ1) is 19.8. The number of hydrogen-bond donors (Lipinski definition) is 1. The lowest BCUT2D eigenvalue weighted by atomic mass is 9.78. The summed E-state index contributed by atoms with van der Waals surface area (Å²) >= 11 is 3.04. The predicted molar refractivity (Wildman–Crippen MR) is 164 cm³/mol. The summed E-state index contributed by atoms with van der Waals surface area (Å²) in [6, 6.07) is 4.64. The highest BCUT2D eigenvalue weighted by atomic mass is 32.2. The van der Waals surface area contributed by atoms with Gasteiger partial charge in [0.25, 0.3) is 5.91 Å². The van der Waals surface area contributed by atoms with Gasteiger partial charge in [-0.1, -0.05) is 36.3 Å². The van der Waals surface area contributed by atoms with E-state index in [9.17, 15) is 9.59 Å². The van der Waals surface area contributed by atoms with Crippen molar-refractivity contribution >= 4 is 40.0 Å². The molecule has 1 spiro atoms. The Labute approximate surface area is 250 Å². The number of aromatic nitrogens is 1. The highest BCUT2D eigenvalue weighted by molar-refractivity contribution is 8.01. The van der Waals surface area contributed by atoms with Gasteiger partial charge in [0.05, 0.1) is 23.1 Å². The average Bonchev–Trinajstić information content (AvgIpc) is 3.56. The van der Waals surface area contributed by atoms with Gasteiger partial charge in [0, 0.05) is 54.1 Å². The van der Waals surface area contributed by atoms with E-state index in [0.717, 1.165) is 84.9 Å². The molecule has 1 saturated carbocycles. The minimum Gasteiger partial charge on any atom is -0.496 e. The second-order valence-corrected chi connectivity index (χ2v) is 14.3. The number of benzene rings is 1. The van der Waals surface area contributed by atoms with E-state index in [0.29, 0.717) is 16.4 Å². The molecule has 4 heterocycles. The molecule has 0 bridgehead atoms. The van der Waals surface area contributed by atoms with Crippen molar-refractivity contribution in [1.29, 1.82) is 0 Å². The first-order valence-electron chi connectivity index (χ1n) is 14.5. The third-order valence-corrected chi connectivity index (χ3v) is 11.2. The van der Waals surface area contributed by atoms with Crippen molar-refractivity contribution in [2.75, 3.05) is 51.7 Å². The van der Waals surface area contributed by atoms with Crippen LogP contribution in [0.3, 0.4) is 0 Å². The quantitative estimate of drug-likeness (QED) is 0.397. The van der Waals surface area contributed by atoms with Crippen LogP contribution < -0.4 is 10.1 Å². The van der Waals surface area contributed by atoms with E-state index in [4.69, 9.17) is 4.74 Å². The Morgan fingerprint density at radius 2 is 1.88 bits per heavy atom. The molecule has 218 valence electrons. The van der Waals surface area contributed by atoms with Gasteiger partial charge in [-0.3, -0.25) is 9.59 Å². The van der Waals surface area contributed by atoms with Crippen LogP contribution in [-0.2, 0) is 4.79 Å². The molecule has 1 aromatic heterocycles. The molecule has 3 saturated heterocycles. The summed E-state index contributed by atoms with van der Waals surface area (Å²) in [5.74, 6) is 0.721. The van der Waals surface area contributed by atoms with Crippen molar-refractivity contribution in [2.45, 2.75) is 54.2 Å². The molecule has 0 radical (unpaired) electrons. The molecule has 2 amide bonds. The lowest BCUT2D eigenvalue weighted by molar-refractivity contribution is -0.121. The lowest BCUT2D eigenvalue weighted by Crippen LogP contribution is -2.59. The fraction of sp³-hybridized carbons (Fsp3) is 0.516. The number of amides is 2. The lowest BCUT2D eigenvalue weighted by Gasteiger charge is -2.48. The number of methoxy groups -OCH3 is 1. The highest BCUT2D eigenvalue weighted by Gasteiger charge is 2.49. The first kappa shape index (κ1) is 28.3. The average molecular weight is 594 g/mol. The zero-order chi connectivity index (χ0) is 28.7. The fourth-order valence-corrected chi connectivity index (χ4v) is 8.34. The molecule has 1 N–H and O–H groups in total. The van der Waals surface area contributed by atoms with Crippen molar-refractivity contribution in [2.24, 2.45) is 11.3 Å². The van der Waals surface area contributed by atoms with Crippen LogP contribution in [0.4, 0.5) is 5.13 Å². The molecule has 3 aliphatic heterocycles. The van der Waals surface area contributed by atoms with Gasteiger partial charge >= 0.3 is 0 Å². The minimum atomic E-state index is 0.000289. The van der Waals surface area contributed by atoms with E-state index in [1.807, 2.05) is 24.0 Å². The molecule has 0 atom stereocenters. The van der Waals surface area contributed by atoms with Crippen LogP contribution in [0, 0.1) is 18.3 Å². The van der Waals surface area contributed by atoms with E-state index in [1.165, 1.54) is 24.2 Å². The Bertz CT molecular complexity index is 1360. The molecular formula is C31H39N5O3S2. The zero-order valence-electron chi connectivity index (χ0n) is 24.0. The van der Waals surface area contributed by atoms with Crippen molar-refractivity contribution in [3.63, 3.8) is 0 Å². The normalized spacial score (nSPS) is 20.6. The van der Waals surface area contributed by atoms with Crippen LogP contribution in [0.5, 0.6) is 5.75 Å². The maximum absolute atomic E-state index is 13.6. The number of likely N-dealkylation sites (tertiary alicyclic amines) is 3. The number of piperidine rings is 1. The number of thiazole rings is 1. The molecule has 8 nitrogen and oxygen atoms in total. The number of aryl methyl sites for hydroxylation is 1. The van der Waals surface area contributed by atoms with Crippen LogP contribution in [-0.4, -0.2) is 83.9 Å². The summed E-state index contributed by atoms with van der Waals surface area (Å²) < 4.78 is 6.60. The van der Waals surface area contributed by atoms with Gasteiger partial charge in [-0.25, -0.2) is 4.98 Å². The number of nitrogens with one attached hydrogen (secondary N) is 1. The topological polar surface area (TPSA) is 78.0 Å². The standard InChI is InChI=1S/C31H39N5O3S2/c1-5-21(3)35-13-10-31(17-35)18-36(19-31)29(38)24-15-26(20(2)14-25(24)39-4)40-27-16-32-30(41-27)33-28(37)22-8-11-34(12-9-22)23-6-7-23/h5,14-16,22-23H,1,3,6-13,17-19H2,2,4H3,(H,32,33,37). The van der Waals surface area contributed by atoms with Crippen LogP contribution in [0.1, 0.15) is 48.0 Å². The number of nitrogens with zero attached hydrogens (tertiary/aromatic N) is 4. The molecule has 10 heteroatoms. The molecule has 1 aromatic carbocycles. The van der Waals surface area contributed by atoms with Crippen LogP contribution in [0.2, 0.25) is 0 Å². The molecule has 4 fully saturated rings. The monoisotopic (exact) mass is 593 g/mol. The summed E-state index contributed by atoms with van der Waals surface area (Å²) in [6.07, 6.45) is 9.11. The summed E-state index contributed by atoms with van der Waals surface area (Å²) in [7, 11) is 1.61. The van der Waals surface area contributed by atoms with E-state index in [2.05, 4.69) is 33.3 Å². The van der Waals surface area contributed by atoms with Gasteiger partial charge in [-0.15, -0.1) is 0 Å². The van der Waals surface area contributed by atoms with Gasteiger partial charge in [0.2, 0.25) is 5.91 Å². The largest absolute Gasteiger partial charge is 0.496 e. The number of carbonyl (C=O) groups is 2. The molecule has 41 heavy (non-hydrogen) atoms. The van der Waals surface area contributed by atoms with Crippen molar-refractivity contribution < 1.29 is 14.3 Å². The Kier molecular flexibility index (Phi) is 7.91. The predicted octanol–water partition coefficient (Wildman–Crippen LogP) is 5.27. The Balaban J connectivity index is 1.08. The number of ether oxygens (including phenoxy) is 1. The SMILES string of the molecule is C=CC(=C)N1CCC2(C1)CN(C(=O)c1cc(Sc3cnc(NC(=O)C4CCN(C5CC5)CC4)s3)c(C)cc1OC)C2. The smallest absolute Gasteiger partial charge is 0.257 e. The molecule has 1 aliphatic carbocycles. The molecule has 6 rings (SSSR count). The van der Waals surface area contributed by atoms with Crippen LogP contribution in [0.25, 0.3) is 0 Å². The fourth-order valence-electron chi connectivity index (χ4n) is 6.40. The first-order valence-corrected chi connectivity index (χ1v) is 16.1. The third-order valence-electron chi connectivity index (χ3n) is 9.04. The highest BCUT2D eigenvalue weighted by Crippen LogP contribution is 2.43. The van der Waals surface area contributed by atoms with Crippen molar-refractivity contribution in [3.8, 4) is 5.75 Å². The Hall–Kier alpha value is -2.82.